The number of hydrogen-bond acceptors (Lipinski definition) is 4. The molecule has 0 atom stereocenters. The Kier molecular flexibility index (Phi) is 6.22. The van der Waals surface area contributed by atoms with Crippen molar-refractivity contribution >= 4 is 55.0 Å². The van der Waals surface area contributed by atoms with Crippen LogP contribution < -0.4 is 0 Å². The Morgan fingerprint density at radius 3 is 1.50 bits per heavy atom. The summed E-state index contributed by atoms with van der Waals surface area (Å²) in [4.78, 5) is 12.2. The fourth-order valence-electron chi connectivity index (χ4n) is 6.59. The summed E-state index contributed by atoms with van der Waals surface area (Å²) in [5.74, 6) is 0. The molecule has 8 rings (SSSR count). The third-order valence-electron chi connectivity index (χ3n) is 8.66. The van der Waals surface area contributed by atoms with Crippen molar-refractivity contribution in [3.05, 3.63) is 149 Å². The Morgan fingerprint density at radius 2 is 0.979 bits per heavy atom. The average Bonchev–Trinajstić information content (AvgIpc) is 3.65. The van der Waals surface area contributed by atoms with Crippen LogP contribution in [0, 0.1) is 47.1 Å². The van der Waals surface area contributed by atoms with Crippen LogP contribution in [0.25, 0.3) is 75.9 Å². The van der Waals surface area contributed by atoms with Crippen LogP contribution >= 0.6 is 0 Å². The quantitative estimate of drug-likeness (QED) is 0.186. The molecule has 0 fully saturated rings. The second-order valence-corrected chi connectivity index (χ2v) is 11.2. The first-order valence-corrected chi connectivity index (χ1v) is 14.8. The van der Waals surface area contributed by atoms with Gasteiger partial charge in [0.05, 0.1) is 87.2 Å². The Hall–Kier alpha value is -7.70. The maximum atomic E-state index is 10.0. The molecule has 218 valence electrons. The van der Waals surface area contributed by atoms with E-state index in [1.165, 1.54) is 0 Å². The minimum Gasteiger partial charge on any atom is -0.309 e. The smallest absolute Gasteiger partial charge is 0.188 e. The summed E-state index contributed by atoms with van der Waals surface area (Å²) in [6, 6.07) is 38.1. The second-order valence-electron chi connectivity index (χ2n) is 11.2. The molecule has 0 spiro atoms. The summed E-state index contributed by atoms with van der Waals surface area (Å²) < 4.78 is 4.17. The van der Waals surface area contributed by atoms with Crippen molar-refractivity contribution in [1.82, 2.24) is 14.1 Å². The number of benzene rings is 5. The monoisotopic (exact) mass is 610 g/mol. The van der Waals surface area contributed by atoms with Crippen LogP contribution in [0.2, 0.25) is 0 Å². The third kappa shape index (κ3) is 4.08. The molecule has 0 saturated heterocycles. The van der Waals surface area contributed by atoms with Crippen molar-refractivity contribution in [2.75, 3.05) is 0 Å². The fourth-order valence-corrected chi connectivity index (χ4v) is 6.59. The molecule has 0 radical (unpaired) electrons. The standard InChI is InChI=1S/C40H18N8/c1-44-27-8-13-36-31(19-27)32-20-28(45-2)9-14-37(32)47(36)38-12-7-26(23-43)18-33(38)40-39(4-3-15-46-40)48-34-10-5-24(21-41)16-29(34)30-17-25(22-42)6-11-35(30)48/h3-20H. The molecule has 8 aromatic rings. The number of rotatable bonds is 3. The first-order chi connectivity index (χ1) is 23.6. The molecule has 0 unspecified atom stereocenters. The topological polar surface area (TPSA) is 103 Å². The van der Waals surface area contributed by atoms with Gasteiger partial charge in [-0.1, -0.05) is 12.1 Å². The number of nitrogens with zero attached hydrogens (tertiary/aromatic N) is 8. The minimum absolute atomic E-state index is 0.455. The number of pyridine rings is 1. The van der Waals surface area contributed by atoms with E-state index >= 15 is 0 Å². The van der Waals surface area contributed by atoms with Crippen molar-refractivity contribution in [1.29, 1.82) is 15.8 Å². The van der Waals surface area contributed by atoms with Gasteiger partial charge in [0, 0.05) is 22.5 Å². The van der Waals surface area contributed by atoms with Gasteiger partial charge in [-0.15, -0.1) is 0 Å². The number of aromatic nitrogens is 3. The van der Waals surface area contributed by atoms with Crippen molar-refractivity contribution in [3.8, 4) is 40.8 Å². The minimum atomic E-state index is 0.455. The van der Waals surface area contributed by atoms with E-state index in [0.717, 1.165) is 55.0 Å². The van der Waals surface area contributed by atoms with Gasteiger partial charge < -0.3 is 9.13 Å². The summed E-state index contributed by atoms with van der Waals surface area (Å²) in [6.45, 7) is 15.2. The Balaban J connectivity index is 1.48. The molecular weight excluding hydrogens is 592 g/mol. The highest BCUT2D eigenvalue weighted by Crippen LogP contribution is 2.41. The SMILES string of the molecule is [C-]#[N+]c1ccc2c(c1)c1cc([N+]#[C-])ccc1n2-c1ccc(C#N)cc1-c1ncccc1-n1c2ccc(C#N)cc2c2cc(C#N)ccc21. The maximum Gasteiger partial charge on any atom is 0.188 e. The molecule has 3 aromatic heterocycles. The van der Waals surface area contributed by atoms with Gasteiger partial charge in [-0.3, -0.25) is 4.98 Å². The molecule has 5 aromatic carbocycles. The summed E-state index contributed by atoms with van der Waals surface area (Å²) in [5.41, 5.74) is 8.63. The van der Waals surface area contributed by atoms with Gasteiger partial charge in [0.25, 0.3) is 0 Å². The van der Waals surface area contributed by atoms with Gasteiger partial charge >= 0.3 is 0 Å². The highest BCUT2D eigenvalue weighted by atomic mass is 15.0. The zero-order valence-electron chi connectivity index (χ0n) is 25.0. The second kappa shape index (κ2) is 10.7. The fraction of sp³-hybridized carbons (Fsp3) is 0. The Bertz CT molecular complexity index is 2760. The largest absolute Gasteiger partial charge is 0.309 e. The van der Waals surface area contributed by atoms with E-state index in [-0.39, 0.29) is 0 Å². The lowest BCUT2D eigenvalue weighted by Crippen LogP contribution is -2.03. The molecule has 48 heavy (non-hydrogen) atoms. The lowest BCUT2D eigenvalue weighted by Gasteiger charge is -2.18. The van der Waals surface area contributed by atoms with Crippen LogP contribution in [0.5, 0.6) is 0 Å². The molecule has 0 aliphatic heterocycles. The van der Waals surface area contributed by atoms with E-state index in [1.54, 1.807) is 36.5 Å². The molecule has 0 aliphatic carbocycles. The number of hydrogen-bond donors (Lipinski definition) is 0. The van der Waals surface area contributed by atoms with Gasteiger partial charge in [0.1, 0.15) is 0 Å². The van der Waals surface area contributed by atoms with Gasteiger partial charge in [0.15, 0.2) is 11.4 Å². The molecular formula is C40H18N8. The zero-order chi connectivity index (χ0) is 32.9. The van der Waals surface area contributed by atoms with Crippen molar-refractivity contribution < 1.29 is 0 Å². The van der Waals surface area contributed by atoms with E-state index in [2.05, 4.69) is 37.0 Å². The molecule has 0 saturated carbocycles. The summed E-state index contributed by atoms with van der Waals surface area (Å²) >= 11 is 0. The maximum absolute atomic E-state index is 10.0. The third-order valence-corrected chi connectivity index (χ3v) is 8.66. The Morgan fingerprint density at radius 1 is 0.521 bits per heavy atom. The first kappa shape index (κ1) is 27.8. The highest BCUT2D eigenvalue weighted by molar-refractivity contribution is 6.13. The highest BCUT2D eigenvalue weighted by Gasteiger charge is 2.22. The van der Waals surface area contributed by atoms with Gasteiger partial charge in [0.2, 0.25) is 0 Å². The number of nitriles is 3. The first-order valence-electron chi connectivity index (χ1n) is 14.8. The Labute approximate surface area is 274 Å². The van der Waals surface area contributed by atoms with Gasteiger partial charge in [-0.05, 0) is 102 Å². The van der Waals surface area contributed by atoms with E-state index in [0.29, 0.717) is 39.3 Å². The predicted octanol–water partition coefficient (Wildman–Crippen LogP) is 9.66. The molecule has 8 nitrogen and oxygen atoms in total. The zero-order valence-corrected chi connectivity index (χ0v) is 25.0. The summed E-state index contributed by atoms with van der Waals surface area (Å²) in [5, 5.41) is 32.7. The van der Waals surface area contributed by atoms with Crippen LogP contribution in [-0.2, 0) is 0 Å². The van der Waals surface area contributed by atoms with Crippen LogP contribution in [0.1, 0.15) is 16.7 Å². The average molecular weight is 611 g/mol. The molecule has 0 bridgehead atoms. The molecule has 0 aliphatic rings. The van der Waals surface area contributed by atoms with Crippen molar-refractivity contribution in [2.45, 2.75) is 0 Å². The van der Waals surface area contributed by atoms with E-state index in [1.807, 2.05) is 72.8 Å². The lowest BCUT2D eigenvalue weighted by atomic mass is 10.0. The summed E-state index contributed by atoms with van der Waals surface area (Å²) in [6.07, 6.45) is 1.72. The molecule has 0 amide bonds. The van der Waals surface area contributed by atoms with Crippen LogP contribution in [0.4, 0.5) is 11.4 Å². The van der Waals surface area contributed by atoms with E-state index in [4.69, 9.17) is 18.1 Å². The molecule has 0 N–H and O–H groups in total. The lowest BCUT2D eigenvalue weighted by molar-refractivity contribution is 1.13. The van der Waals surface area contributed by atoms with E-state index < -0.39 is 0 Å². The van der Waals surface area contributed by atoms with Gasteiger partial charge in [-0.2, -0.15) is 15.8 Å². The number of fused-ring (bicyclic) bond motifs is 6. The molecule has 8 heteroatoms. The van der Waals surface area contributed by atoms with Crippen molar-refractivity contribution in [3.63, 3.8) is 0 Å². The summed E-state index contributed by atoms with van der Waals surface area (Å²) in [7, 11) is 0. The van der Waals surface area contributed by atoms with Gasteiger partial charge in [-0.25, -0.2) is 9.69 Å². The predicted molar refractivity (Wildman–Crippen MR) is 185 cm³/mol. The van der Waals surface area contributed by atoms with Crippen molar-refractivity contribution in [2.24, 2.45) is 0 Å². The normalized spacial score (nSPS) is 10.8. The van der Waals surface area contributed by atoms with Crippen LogP contribution in [0.15, 0.2) is 109 Å². The van der Waals surface area contributed by atoms with Crippen LogP contribution in [-0.4, -0.2) is 14.1 Å². The van der Waals surface area contributed by atoms with Crippen LogP contribution in [0.3, 0.4) is 0 Å². The molecule has 3 heterocycles. The van der Waals surface area contributed by atoms with E-state index in [9.17, 15) is 15.8 Å².